The molecule has 1 aromatic carbocycles. The smallest absolute Gasteiger partial charge is 0.119 e. The zero-order chi connectivity index (χ0) is 16.6. The Morgan fingerprint density at radius 2 is 1.48 bits per heavy atom. The van der Waals surface area contributed by atoms with Gasteiger partial charge in [0.25, 0.3) is 0 Å². The van der Waals surface area contributed by atoms with E-state index in [-0.39, 0.29) is 0 Å². The zero-order valence-corrected chi connectivity index (χ0v) is 15.7. The molecule has 0 saturated carbocycles. The molecule has 0 heterocycles. The molecule has 0 amide bonds. The second kappa shape index (κ2) is 14.9. The molecule has 0 N–H and O–H groups in total. The number of aryl methyl sites for hydroxylation is 1. The van der Waals surface area contributed by atoms with Gasteiger partial charge in [0, 0.05) is 6.61 Å². The number of hydrogen-bond acceptors (Lipinski definition) is 3. The average Bonchev–Trinajstić information content (AvgIpc) is 2.58. The van der Waals surface area contributed by atoms with Gasteiger partial charge in [-0.15, -0.1) is 0 Å². The molecule has 132 valence electrons. The van der Waals surface area contributed by atoms with Gasteiger partial charge in [0.05, 0.1) is 6.61 Å². The van der Waals surface area contributed by atoms with Crippen LogP contribution < -0.4 is 4.74 Å². The summed E-state index contributed by atoms with van der Waals surface area (Å²) in [5, 5.41) is 0. The van der Waals surface area contributed by atoms with Crippen molar-refractivity contribution in [2.75, 3.05) is 25.6 Å². The number of rotatable bonds is 15. The SMILES string of the molecule is CCCCCCCCCc1ccc(OCCOCCCS)cc1. The van der Waals surface area contributed by atoms with Crippen molar-refractivity contribution in [1.82, 2.24) is 0 Å². The number of thiol groups is 1. The summed E-state index contributed by atoms with van der Waals surface area (Å²) in [6, 6.07) is 8.52. The van der Waals surface area contributed by atoms with E-state index in [4.69, 9.17) is 9.47 Å². The summed E-state index contributed by atoms with van der Waals surface area (Å²) in [7, 11) is 0. The molecule has 0 unspecified atom stereocenters. The maximum absolute atomic E-state index is 5.68. The molecular formula is C20H34O2S. The Balaban J connectivity index is 2.04. The molecule has 0 spiro atoms. The highest BCUT2D eigenvalue weighted by Crippen LogP contribution is 2.15. The Bertz CT molecular complexity index is 364. The summed E-state index contributed by atoms with van der Waals surface area (Å²) >= 11 is 4.15. The van der Waals surface area contributed by atoms with Crippen LogP contribution in [0.2, 0.25) is 0 Å². The molecule has 1 aromatic rings. The molecule has 1 rings (SSSR count). The van der Waals surface area contributed by atoms with Crippen molar-refractivity contribution in [2.24, 2.45) is 0 Å². The molecule has 0 aliphatic heterocycles. The lowest BCUT2D eigenvalue weighted by molar-refractivity contribution is 0.101. The molecule has 0 fully saturated rings. The van der Waals surface area contributed by atoms with Crippen molar-refractivity contribution in [2.45, 2.75) is 64.7 Å². The van der Waals surface area contributed by atoms with Gasteiger partial charge in [0.1, 0.15) is 12.4 Å². The normalized spacial score (nSPS) is 10.9. The molecule has 0 radical (unpaired) electrons. The molecule has 0 atom stereocenters. The van der Waals surface area contributed by atoms with Gasteiger partial charge >= 0.3 is 0 Å². The van der Waals surface area contributed by atoms with Crippen LogP contribution in [0, 0.1) is 0 Å². The van der Waals surface area contributed by atoms with Gasteiger partial charge in [-0.2, -0.15) is 12.6 Å². The van der Waals surface area contributed by atoms with E-state index in [1.54, 1.807) is 0 Å². The minimum atomic E-state index is 0.615. The summed E-state index contributed by atoms with van der Waals surface area (Å²) < 4.78 is 11.1. The minimum absolute atomic E-state index is 0.615. The topological polar surface area (TPSA) is 18.5 Å². The van der Waals surface area contributed by atoms with Crippen LogP contribution in [0.25, 0.3) is 0 Å². The van der Waals surface area contributed by atoms with E-state index in [1.165, 1.54) is 56.9 Å². The Hall–Kier alpha value is -0.670. The van der Waals surface area contributed by atoms with Crippen molar-refractivity contribution in [3.63, 3.8) is 0 Å². The van der Waals surface area contributed by atoms with Gasteiger partial charge in [-0.05, 0) is 42.7 Å². The van der Waals surface area contributed by atoms with Crippen molar-refractivity contribution in [3.8, 4) is 5.75 Å². The van der Waals surface area contributed by atoms with E-state index in [9.17, 15) is 0 Å². The third-order valence-corrected chi connectivity index (χ3v) is 4.25. The van der Waals surface area contributed by atoms with Crippen molar-refractivity contribution >= 4 is 12.6 Å². The van der Waals surface area contributed by atoms with Gasteiger partial charge in [-0.25, -0.2) is 0 Å². The number of ether oxygens (including phenoxy) is 2. The number of unbranched alkanes of at least 4 members (excludes halogenated alkanes) is 6. The standard InChI is InChI=1S/C20H34O2S/c1-2-3-4-5-6-7-8-10-19-11-13-20(14-12-19)22-17-16-21-15-9-18-23/h11-14,23H,2-10,15-18H2,1H3. The second-order valence-electron chi connectivity index (χ2n) is 6.05. The van der Waals surface area contributed by atoms with E-state index in [2.05, 4.69) is 43.8 Å². The fourth-order valence-corrected chi connectivity index (χ4v) is 2.65. The summed E-state index contributed by atoms with van der Waals surface area (Å²) in [4.78, 5) is 0. The maximum Gasteiger partial charge on any atom is 0.119 e. The van der Waals surface area contributed by atoms with Crippen molar-refractivity contribution < 1.29 is 9.47 Å². The molecule has 0 bridgehead atoms. The van der Waals surface area contributed by atoms with Gasteiger partial charge in [0.2, 0.25) is 0 Å². The predicted molar refractivity (Wildman–Crippen MR) is 103 cm³/mol. The lowest BCUT2D eigenvalue weighted by atomic mass is 10.0. The quantitative estimate of drug-likeness (QED) is 0.327. The molecule has 0 saturated heterocycles. The molecule has 0 aromatic heterocycles. The van der Waals surface area contributed by atoms with Crippen LogP contribution in [-0.4, -0.2) is 25.6 Å². The third-order valence-electron chi connectivity index (χ3n) is 3.94. The third kappa shape index (κ3) is 11.5. The van der Waals surface area contributed by atoms with Gasteiger partial charge in [-0.1, -0.05) is 57.6 Å². The first kappa shape index (κ1) is 20.4. The van der Waals surface area contributed by atoms with E-state index in [0.29, 0.717) is 13.2 Å². The lowest BCUT2D eigenvalue weighted by Gasteiger charge is -2.08. The average molecular weight is 339 g/mol. The van der Waals surface area contributed by atoms with E-state index in [1.807, 2.05) is 0 Å². The first-order chi connectivity index (χ1) is 11.4. The molecule has 23 heavy (non-hydrogen) atoms. The maximum atomic E-state index is 5.68. The summed E-state index contributed by atoms with van der Waals surface area (Å²) in [6.45, 7) is 4.30. The highest BCUT2D eigenvalue weighted by Gasteiger charge is 1.97. The minimum Gasteiger partial charge on any atom is -0.491 e. The Labute approximate surface area is 148 Å². The first-order valence-electron chi connectivity index (χ1n) is 9.27. The van der Waals surface area contributed by atoms with Gasteiger partial charge < -0.3 is 9.47 Å². The van der Waals surface area contributed by atoms with Crippen LogP contribution in [0.4, 0.5) is 0 Å². The molecule has 0 aliphatic carbocycles. The highest BCUT2D eigenvalue weighted by molar-refractivity contribution is 7.80. The van der Waals surface area contributed by atoms with E-state index >= 15 is 0 Å². The van der Waals surface area contributed by atoms with Crippen LogP contribution in [0.5, 0.6) is 5.75 Å². The van der Waals surface area contributed by atoms with E-state index in [0.717, 1.165) is 24.5 Å². The molecule has 2 nitrogen and oxygen atoms in total. The van der Waals surface area contributed by atoms with Gasteiger partial charge in [0.15, 0.2) is 0 Å². The van der Waals surface area contributed by atoms with Crippen LogP contribution in [-0.2, 0) is 11.2 Å². The number of hydrogen-bond donors (Lipinski definition) is 1. The van der Waals surface area contributed by atoms with Gasteiger partial charge in [-0.3, -0.25) is 0 Å². The summed E-state index contributed by atoms with van der Waals surface area (Å²) in [6.07, 6.45) is 11.7. The Morgan fingerprint density at radius 3 is 2.17 bits per heavy atom. The zero-order valence-electron chi connectivity index (χ0n) is 14.8. The van der Waals surface area contributed by atoms with Crippen LogP contribution in [0.15, 0.2) is 24.3 Å². The fraction of sp³-hybridized carbons (Fsp3) is 0.700. The van der Waals surface area contributed by atoms with E-state index < -0.39 is 0 Å². The molecular weight excluding hydrogens is 304 g/mol. The Morgan fingerprint density at radius 1 is 0.783 bits per heavy atom. The monoisotopic (exact) mass is 338 g/mol. The van der Waals surface area contributed by atoms with Crippen molar-refractivity contribution in [1.29, 1.82) is 0 Å². The van der Waals surface area contributed by atoms with Crippen molar-refractivity contribution in [3.05, 3.63) is 29.8 Å². The summed E-state index contributed by atoms with van der Waals surface area (Å²) in [5.41, 5.74) is 1.41. The molecule has 0 aliphatic rings. The fourth-order valence-electron chi connectivity index (χ4n) is 2.53. The van der Waals surface area contributed by atoms with Crippen LogP contribution in [0.3, 0.4) is 0 Å². The summed E-state index contributed by atoms with van der Waals surface area (Å²) in [5.74, 6) is 1.81. The highest BCUT2D eigenvalue weighted by atomic mass is 32.1. The first-order valence-corrected chi connectivity index (χ1v) is 9.90. The number of benzene rings is 1. The van der Waals surface area contributed by atoms with Crippen LogP contribution in [0.1, 0.15) is 63.9 Å². The lowest BCUT2D eigenvalue weighted by Crippen LogP contribution is -2.07. The molecule has 3 heteroatoms. The second-order valence-corrected chi connectivity index (χ2v) is 6.50. The van der Waals surface area contributed by atoms with Crippen LogP contribution >= 0.6 is 12.6 Å². The predicted octanol–water partition coefficient (Wildman–Crippen LogP) is 5.70. The Kier molecular flexibility index (Phi) is 13.2. The largest absolute Gasteiger partial charge is 0.491 e.